The molecule has 0 unspecified atom stereocenters. The van der Waals surface area contributed by atoms with E-state index in [0.717, 1.165) is 32.0 Å². The van der Waals surface area contributed by atoms with Gasteiger partial charge in [-0.15, -0.1) is 0 Å². The molecule has 0 radical (unpaired) electrons. The third-order valence-electron chi connectivity index (χ3n) is 7.01. The fourth-order valence-electron chi connectivity index (χ4n) is 5.21. The first kappa shape index (κ1) is 24.4. The van der Waals surface area contributed by atoms with Crippen LogP contribution in [0.2, 0.25) is 0 Å². The molecule has 0 aliphatic rings. The maximum absolute atomic E-state index is 15.8. The highest BCUT2D eigenvalue weighted by atomic mass is 31.2. The Labute approximate surface area is 223 Å². The minimum absolute atomic E-state index is 0.615. The third kappa shape index (κ3) is 3.98. The lowest BCUT2D eigenvalue weighted by Crippen LogP contribution is -2.39. The normalized spacial score (nSPS) is 11.9. The van der Waals surface area contributed by atoms with Crippen molar-refractivity contribution in [3.63, 3.8) is 0 Å². The molecule has 0 heterocycles. The molecule has 4 heteroatoms. The van der Waals surface area contributed by atoms with Crippen molar-refractivity contribution in [2.24, 2.45) is 0 Å². The lowest BCUT2D eigenvalue weighted by Gasteiger charge is -2.29. The molecular weight excluding hydrogens is 502 g/mol. The molecule has 0 amide bonds. The average molecular weight is 529 g/mol. The van der Waals surface area contributed by atoms with Crippen molar-refractivity contribution in [2.75, 3.05) is 0 Å². The molecule has 0 fully saturated rings. The Morgan fingerprint density at radius 3 is 1.16 bits per heavy atom. The molecule has 6 aromatic carbocycles. The Balaban J connectivity index is 1.82. The largest absolute Gasteiger partial charge is 0.309 e. The van der Waals surface area contributed by atoms with Crippen molar-refractivity contribution >= 4 is 56.9 Å². The van der Waals surface area contributed by atoms with Gasteiger partial charge in [-0.25, -0.2) is 0 Å². The zero-order chi connectivity index (χ0) is 26.0. The van der Waals surface area contributed by atoms with Crippen LogP contribution in [0.4, 0.5) is 0 Å². The molecule has 0 aliphatic carbocycles. The van der Waals surface area contributed by atoms with Crippen molar-refractivity contribution in [3.05, 3.63) is 158 Å². The van der Waals surface area contributed by atoms with Gasteiger partial charge in [0.05, 0.1) is 0 Å². The van der Waals surface area contributed by atoms with Crippen molar-refractivity contribution < 1.29 is 9.13 Å². The van der Waals surface area contributed by atoms with E-state index in [1.165, 1.54) is 0 Å². The van der Waals surface area contributed by atoms with E-state index < -0.39 is 14.3 Å². The zero-order valence-corrected chi connectivity index (χ0v) is 22.5. The second-order valence-corrected chi connectivity index (χ2v) is 14.6. The standard InChI is InChI=1S/C34H26O2P2/c35-37(28-16-5-1-6-17-28,29-18-7-2-8-19-29)33-26-25-27-15-13-14-24-32(27)34(33)38(36,30-20-9-3-10-21-30)31-22-11-4-12-23-31/h1-26H. The van der Waals surface area contributed by atoms with Gasteiger partial charge in [-0.1, -0.05) is 152 Å². The van der Waals surface area contributed by atoms with E-state index in [9.17, 15) is 0 Å². The molecule has 6 rings (SSSR count). The van der Waals surface area contributed by atoms with E-state index in [2.05, 4.69) is 0 Å². The minimum atomic E-state index is -3.47. The van der Waals surface area contributed by atoms with Crippen LogP contribution in [0.1, 0.15) is 0 Å². The Kier molecular flexibility index (Phi) is 6.46. The molecule has 2 nitrogen and oxygen atoms in total. The smallest absolute Gasteiger partial charge is 0.172 e. The van der Waals surface area contributed by atoms with Crippen molar-refractivity contribution in [3.8, 4) is 0 Å². The fourth-order valence-corrected chi connectivity index (χ4v) is 11.7. The van der Waals surface area contributed by atoms with E-state index >= 15 is 9.13 Å². The maximum atomic E-state index is 15.8. The van der Waals surface area contributed by atoms with Gasteiger partial charge >= 0.3 is 0 Å². The highest BCUT2D eigenvalue weighted by Crippen LogP contribution is 2.50. The molecule has 184 valence electrons. The topological polar surface area (TPSA) is 34.1 Å². The number of hydrogen-bond acceptors (Lipinski definition) is 2. The number of fused-ring (bicyclic) bond motifs is 1. The van der Waals surface area contributed by atoms with Crippen LogP contribution in [-0.2, 0) is 9.13 Å². The van der Waals surface area contributed by atoms with E-state index in [-0.39, 0.29) is 0 Å². The molecule has 38 heavy (non-hydrogen) atoms. The second-order valence-electron chi connectivity index (χ2n) is 9.22. The molecule has 0 saturated carbocycles. The Hall–Kier alpha value is -3.96. The Morgan fingerprint density at radius 2 is 0.711 bits per heavy atom. The van der Waals surface area contributed by atoms with Gasteiger partial charge in [0.2, 0.25) is 0 Å². The average Bonchev–Trinajstić information content (AvgIpc) is 3.01. The van der Waals surface area contributed by atoms with E-state index in [1.807, 2.05) is 158 Å². The van der Waals surface area contributed by atoms with Gasteiger partial charge in [-0.3, -0.25) is 0 Å². The first-order valence-corrected chi connectivity index (χ1v) is 16.0. The molecule has 0 bridgehead atoms. The van der Waals surface area contributed by atoms with Gasteiger partial charge in [0.15, 0.2) is 14.3 Å². The van der Waals surface area contributed by atoms with Gasteiger partial charge in [-0.05, 0) is 16.8 Å². The molecule has 0 aliphatic heterocycles. The Bertz CT molecular complexity index is 1710. The van der Waals surface area contributed by atoms with Crippen LogP contribution < -0.4 is 31.8 Å². The van der Waals surface area contributed by atoms with Crippen LogP contribution in [0.3, 0.4) is 0 Å². The number of rotatable bonds is 6. The minimum Gasteiger partial charge on any atom is -0.309 e. The highest BCUT2D eigenvalue weighted by Gasteiger charge is 2.40. The number of hydrogen-bond donors (Lipinski definition) is 0. The fraction of sp³-hybridized carbons (Fsp3) is 0. The summed E-state index contributed by atoms with van der Waals surface area (Å²) in [5, 5.41) is 5.95. The zero-order valence-electron chi connectivity index (χ0n) is 20.7. The molecule has 0 aromatic heterocycles. The third-order valence-corrected chi connectivity index (χ3v) is 13.5. The SMILES string of the molecule is O=P(c1ccccc1)(c1ccccc1)c1ccc2ccccc2c1P(=O)(c1ccccc1)c1ccccc1. The van der Waals surface area contributed by atoms with Gasteiger partial charge in [0, 0.05) is 31.8 Å². The summed E-state index contributed by atoms with van der Waals surface area (Å²) >= 11 is 0. The van der Waals surface area contributed by atoms with Crippen LogP contribution in [0.15, 0.2) is 158 Å². The summed E-state index contributed by atoms with van der Waals surface area (Å²) in [5.74, 6) is 0. The molecule has 0 saturated heterocycles. The van der Waals surface area contributed by atoms with Gasteiger partial charge < -0.3 is 9.13 Å². The van der Waals surface area contributed by atoms with E-state index in [0.29, 0.717) is 10.6 Å². The summed E-state index contributed by atoms with van der Waals surface area (Å²) in [5.41, 5.74) is 0. The van der Waals surface area contributed by atoms with Crippen LogP contribution in [0.25, 0.3) is 10.8 Å². The quantitative estimate of drug-likeness (QED) is 0.244. The summed E-state index contributed by atoms with van der Waals surface area (Å²) in [6.45, 7) is 0. The first-order chi connectivity index (χ1) is 18.6. The number of benzene rings is 6. The van der Waals surface area contributed by atoms with Gasteiger partial charge in [-0.2, -0.15) is 0 Å². The van der Waals surface area contributed by atoms with Gasteiger partial charge in [0.25, 0.3) is 0 Å². The highest BCUT2D eigenvalue weighted by molar-refractivity contribution is 7.91. The van der Waals surface area contributed by atoms with Gasteiger partial charge in [0.1, 0.15) is 0 Å². The molecule has 0 atom stereocenters. The predicted octanol–water partition coefficient (Wildman–Crippen LogP) is 6.12. The molecule has 6 aromatic rings. The second kappa shape index (κ2) is 10.1. The van der Waals surface area contributed by atoms with Crippen LogP contribution >= 0.6 is 14.3 Å². The summed E-state index contributed by atoms with van der Waals surface area (Å²) in [7, 11) is -6.90. The summed E-state index contributed by atoms with van der Waals surface area (Å²) in [6, 6.07) is 50.4. The summed E-state index contributed by atoms with van der Waals surface area (Å²) in [6.07, 6.45) is 0. The van der Waals surface area contributed by atoms with Crippen molar-refractivity contribution in [1.82, 2.24) is 0 Å². The first-order valence-electron chi connectivity index (χ1n) is 12.6. The van der Waals surface area contributed by atoms with Crippen molar-refractivity contribution in [1.29, 1.82) is 0 Å². The predicted molar refractivity (Wildman–Crippen MR) is 163 cm³/mol. The maximum Gasteiger partial charge on any atom is 0.172 e. The monoisotopic (exact) mass is 528 g/mol. The Morgan fingerprint density at radius 1 is 0.342 bits per heavy atom. The van der Waals surface area contributed by atoms with Crippen LogP contribution in [-0.4, -0.2) is 0 Å². The van der Waals surface area contributed by atoms with E-state index in [4.69, 9.17) is 0 Å². The summed E-state index contributed by atoms with van der Waals surface area (Å²) in [4.78, 5) is 0. The van der Waals surface area contributed by atoms with Crippen molar-refractivity contribution in [2.45, 2.75) is 0 Å². The van der Waals surface area contributed by atoms with Crippen LogP contribution in [0, 0.1) is 0 Å². The molecular formula is C34H26O2P2. The van der Waals surface area contributed by atoms with Crippen LogP contribution in [0.5, 0.6) is 0 Å². The summed E-state index contributed by atoms with van der Waals surface area (Å²) < 4.78 is 31.5. The lowest BCUT2D eigenvalue weighted by molar-refractivity contribution is 0.590. The molecule has 0 N–H and O–H groups in total. The molecule has 0 spiro atoms. The van der Waals surface area contributed by atoms with E-state index in [1.54, 1.807) is 0 Å². The lowest BCUT2D eigenvalue weighted by atomic mass is 10.1.